The molecule has 0 saturated carbocycles. The monoisotopic (exact) mass is 359 g/mol. The van der Waals surface area contributed by atoms with E-state index in [9.17, 15) is 0 Å². The van der Waals surface area contributed by atoms with Gasteiger partial charge in [0.2, 0.25) is 5.75 Å². The summed E-state index contributed by atoms with van der Waals surface area (Å²) < 4.78 is 16.3. The van der Waals surface area contributed by atoms with Crippen molar-refractivity contribution in [3.05, 3.63) is 72.3 Å². The normalized spacial score (nSPS) is 10.9. The fraction of sp³-hybridized carbons (Fsp3) is 0.130. The Morgan fingerprint density at radius 2 is 1.41 bits per heavy atom. The average molecular weight is 359 g/mol. The van der Waals surface area contributed by atoms with Gasteiger partial charge in [-0.1, -0.05) is 30.8 Å². The molecule has 0 amide bonds. The first-order valence-electron chi connectivity index (χ1n) is 8.66. The average Bonchev–Trinajstić information content (AvgIpc) is 3.09. The van der Waals surface area contributed by atoms with Gasteiger partial charge in [0.1, 0.15) is 0 Å². The number of para-hydroxylation sites is 1. The van der Waals surface area contributed by atoms with E-state index in [0.717, 1.165) is 27.7 Å². The Hall–Kier alpha value is -3.40. The maximum absolute atomic E-state index is 5.47. The molecule has 0 atom stereocenters. The second-order valence-corrected chi connectivity index (χ2v) is 6.32. The second kappa shape index (κ2) is 6.72. The van der Waals surface area contributed by atoms with Gasteiger partial charge in [-0.25, -0.2) is 0 Å². The highest BCUT2D eigenvalue weighted by atomic mass is 16.5. The van der Waals surface area contributed by atoms with Crippen molar-refractivity contribution in [3.63, 3.8) is 0 Å². The van der Waals surface area contributed by atoms with Crippen LogP contribution in [0.4, 0.5) is 0 Å². The van der Waals surface area contributed by atoms with E-state index in [1.54, 1.807) is 21.3 Å². The predicted octanol–water partition coefficient (Wildman–Crippen LogP) is 5.41. The molecule has 0 aliphatic heterocycles. The Labute approximate surface area is 158 Å². The van der Waals surface area contributed by atoms with Crippen LogP contribution in [0.1, 0.15) is 11.1 Å². The number of ether oxygens (including phenoxy) is 3. The van der Waals surface area contributed by atoms with Crippen molar-refractivity contribution in [3.8, 4) is 17.2 Å². The number of H-pyrrole nitrogens is 1. The summed E-state index contributed by atoms with van der Waals surface area (Å²) in [6.07, 6.45) is 0. The standard InChI is InChI=1S/C23H21NO3/c1-14(16-12-21(25-2)23(27-4)22(13-16)26-3)15-9-10-20-18(11-15)17-7-5-6-8-19(17)24-20/h5-13,24H,1H2,2-4H3. The quantitative estimate of drug-likeness (QED) is 0.518. The molecule has 4 nitrogen and oxygen atoms in total. The predicted molar refractivity (Wildman–Crippen MR) is 110 cm³/mol. The summed E-state index contributed by atoms with van der Waals surface area (Å²) >= 11 is 0. The minimum absolute atomic E-state index is 0.573. The van der Waals surface area contributed by atoms with Crippen LogP contribution >= 0.6 is 0 Å². The van der Waals surface area contributed by atoms with Crippen LogP contribution in [0.25, 0.3) is 27.4 Å². The summed E-state index contributed by atoms with van der Waals surface area (Å²) in [5.41, 5.74) is 5.09. The fourth-order valence-corrected chi connectivity index (χ4v) is 3.46. The Bertz CT molecular complexity index is 1130. The van der Waals surface area contributed by atoms with Gasteiger partial charge in [0.15, 0.2) is 11.5 Å². The molecule has 0 radical (unpaired) electrons. The number of benzene rings is 3. The highest BCUT2D eigenvalue weighted by Crippen LogP contribution is 2.41. The van der Waals surface area contributed by atoms with Gasteiger partial charge in [0.05, 0.1) is 21.3 Å². The Morgan fingerprint density at radius 1 is 0.741 bits per heavy atom. The molecule has 0 spiro atoms. The highest BCUT2D eigenvalue weighted by molar-refractivity contribution is 6.08. The molecule has 4 heteroatoms. The van der Waals surface area contributed by atoms with Crippen LogP contribution in [0.2, 0.25) is 0 Å². The first kappa shape index (κ1) is 17.0. The Kier molecular flexibility index (Phi) is 4.24. The molecule has 4 rings (SSSR count). The van der Waals surface area contributed by atoms with Crippen molar-refractivity contribution in [1.29, 1.82) is 0 Å². The zero-order chi connectivity index (χ0) is 19.0. The van der Waals surface area contributed by atoms with E-state index in [-0.39, 0.29) is 0 Å². The number of rotatable bonds is 5. The summed E-state index contributed by atoms with van der Waals surface area (Å²) in [6.45, 7) is 4.31. The minimum Gasteiger partial charge on any atom is -0.493 e. The van der Waals surface area contributed by atoms with E-state index in [0.29, 0.717) is 17.2 Å². The van der Waals surface area contributed by atoms with Crippen LogP contribution in [0.3, 0.4) is 0 Å². The zero-order valence-corrected chi connectivity index (χ0v) is 15.6. The van der Waals surface area contributed by atoms with Gasteiger partial charge in [-0.05, 0) is 47.0 Å². The molecular formula is C23H21NO3. The van der Waals surface area contributed by atoms with E-state index in [1.165, 1.54) is 10.8 Å². The Balaban J connectivity index is 1.84. The van der Waals surface area contributed by atoms with E-state index in [4.69, 9.17) is 14.2 Å². The topological polar surface area (TPSA) is 43.5 Å². The lowest BCUT2D eigenvalue weighted by atomic mass is 9.97. The van der Waals surface area contributed by atoms with E-state index in [1.807, 2.05) is 18.2 Å². The van der Waals surface area contributed by atoms with Gasteiger partial charge in [0, 0.05) is 21.8 Å². The maximum Gasteiger partial charge on any atom is 0.203 e. The van der Waals surface area contributed by atoms with E-state index >= 15 is 0 Å². The van der Waals surface area contributed by atoms with Gasteiger partial charge in [-0.15, -0.1) is 0 Å². The fourth-order valence-electron chi connectivity index (χ4n) is 3.46. The number of nitrogens with one attached hydrogen (secondary N) is 1. The molecule has 0 saturated heterocycles. The zero-order valence-electron chi connectivity index (χ0n) is 15.6. The van der Waals surface area contributed by atoms with Gasteiger partial charge in [0.25, 0.3) is 0 Å². The van der Waals surface area contributed by atoms with Crippen LogP contribution in [-0.4, -0.2) is 26.3 Å². The number of aromatic nitrogens is 1. The lowest BCUT2D eigenvalue weighted by Crippen LogP contribution is -1.97. The van der Waals surface area contributed by atoms with Gasteiger partial charge in [-0.3, -0.25) is 0 Å². The molecule has 1 N–H and O–H groups in total. The summed E-state index contributed by atoms with van der Waals surface area (Å²) in [7, 11) is 4.82. The summed E-state index contributed by atoms with van der Waals surface area (Å²) in [5, 5.41) is 2.38. The van der Waals surface area contributed by atoms with Crippen LogP contribution < -0.4 is 14.2 Å². The van der Waals surface area contributed by atoms with Crippen molar-refractivity contribution in [1.82, 2.24) is 4.98 Å². The minimum atomic E-state index is 0.573. The number of hydrogen-bond acceptors (Lipinski definition) is 3. The van der Waals surface area contributed by atoms with Gasteiger partial charge >= 0.3 is 0 Å². The summed E-state index contributed by atoms with van der Waals surface area (Å²) in [4.78, 5) is 3.45. The lowest BCUT2D eigenvalue weighted by molar-refractivity contribution is 0.324. The summed E-state index contributed by atoms with van der Waals surface area (Å²) in [6, 6.07) is 18.5. The van der Waals surface area contributed by atoms with Crippen molar-refractivity contribution >= 4 is 27.4 Å². The van der Waals surface area contributed by atoms with E-state index in [2.05, 4.69) is 48.0 Å². The third-order valence-electron chi connectivity index (χ3n) is 4.87. The molecule has 0 unspecified atom stereocenters. The molecular weight excluding hydrogens is 338 g/mol. The third-order valence-corrected chi connectivity index (χ3v) is 4.87. The lowest BCUT2D eigenvalue weighted by Gasteiger charge is -2.15. The molecule has 1 heterocycles. The van der Waals surface area contributed by atoms with Crippen molar-refractivity contribution in [2.75, 3.05) is 21.3 Å². The summed E-state index contributed by atoms with van der Waals surface area (Å²) in [5.74, 6) is 1.80. The maximum atomic E-state index is 5.47. The van der Waals surface area contributed by atoms with Gasteiger partial charge < -0.3 is 19.2 Å². The van der Waals surface area contributed by atoms with Crippen LogP contribution in [-0.2, 0) is 0 Å². The highest BCUT2D eigenvalue weighted by Gasteiger charge is 2.16. The molecule has 0 fully saturated rings. The largest absolute Gasteiger partial charge is 0.493 e. The number of hydrogen-bond donors (Lipinski definition) is 1. The molecule has 136 valence electrons. The van der Waals surface area contributed by atoms with Crippen molar-refractivity contribution < 1.29 is 14.2 Å². The SMILES string of the molecule is C=C(c1cc(OC)c(OC)c(OC)c1)c1ccc2[nH]c3ccccc3c2c1. The number of methoxy groups -OCH3 is 3. The van der Waals surface area contributed by atoms with Crippen molar-refractivity contribution in [2.24, 2.45) is 0 Å². The van der Waals surface area contributed by atoms with Crippen molar-refractivity contribution in [2.45, 2.75) is 0 Å². The number of fused-ring (bicyclic) bond motifs is 3. The molecule has 1 aromatic heterocycles. The molecule has 3 aromatic carbocycles. The second-order valence-electron chi connectivity index (χ2n) is 6.32. The van der Waals surface area contributed by atoms with Crippen LogP contribution in [0.15, 0.2) is 61.2 Å². The molecule has 0 aliphatic carbocycles. The molecule has 0 aliphatic rings. The molecule has 4 aromatic rings. The number of aromatic amines is 1. The van der Waals surface area contributed by atoms with Gasteiger partial charge in [-0.2, -0.15) is 0 Å². The van der Waals surface area contributed by atoms with E-state index < -0.39 is 0 Å². The first-order valence-corrected chi connectivity index (χ1v) is 8.66. The smallest absolute Gasteiger partial charge is 0.203 e. The van der Waals surface area contributed by atoms with Crippen LogP contribution in [0, 0.1) is 0 Å². The molecule has 27 heavy (non-hydrogen) atoms. The Morgan fingerprint density at radius 3 is 2.07 bits per heavy atom. The third kappa shape index (κ3) is 2.79. The van der Waals surface area contributed by atoms with Crippen LogP contribution in [0.5, 0.6) is 17.2 Å². The first-order chi connectivity index (χ1) is 13.2. The molecule has 0 bridgehead atoms.